The van der Waals surface area contributed by atoms with Gasteiger partial charge in [-0.2, -0.15) is 0 Å². The molecule has 0 aliphatic heterocycles. The van der Waals surface area contributed by atoms with Crippen molar-refractivity contribution in [2.24, 2.45) is 5.92 Å². The Hall–Kier alpha value is -1.68. The molecule has 1 amide bonds. The Balaban J connectivity index is 1.79. The molecule has 3 nitrogen and oxygen atoms in total. The van der Waals surface area contributed by atoms with Crippen LogP contribution in [-0.2, 0) is 17.6 Å². The van der Waals surface area contributed by atoms with Gasteiger partial charge >= 0.3 is 0 Å². The van der Waals surface area contributed by atoms with Crippen LogP contribution in [0.3, 0.4) is 0 Å². The number of carbonyl (C=O) groups excluding carboxylic acids is 1. The summed E-state index contributed by atoms with van der Waals surface area (Å²) in [6.07, 6.45) is 2.70. The number of rotatable bonds is 3. The molecule has 0 radical (unpaired) electrons. The second-order valence-corrected chi connectivity index (χ2v) is 6.75. The summed E-state index contributed by atoms with van der Waals surface area (Å²) in [4.78, 5) is 20.6. The fraction of sp³-hybridized carbons (Fsp3) is 0.412. The zero-order valence-corrected chi connectivity index (χ0v) is 13.3. The summed E-state index contributed by atoms with van der Waals surface area (Å²) >= 11 is 1.74. The van der Waals surface area contributed by atoms with Crippen LogP contribution < -0.4 is 4.90 Å². The van der Waals surface area contributed by atoms with Gasteiger partial charge in [0.15, 0.2) is 0 Å². The standard InChI is InChI=1S/C17H20N2OS/c1-3-19(14-7-5-4-6-8-14)17(20)13-9-10-15-16(11-13)21-12(2)18-15/h4-8,13H,3,9-11H2,1-2H3. The molecule has 0 N–H and O–H groups in total. The molecule has 1 atom stereocenters. The first-order valence-electron chi connectivity index (χ1n) is 7.50. The molecular formula is C17H20N2OS. The van der Waals surface area contributed by atoms with Crippen LogP contribution >= 0.6 is 11.3 Å². The molecule has 0 saturated carbocycles. The fourth-order valence-electron chi connectivity index (χ4n) is 3.01. The molecule has 3 rings (SSSR count). The third-order valence-electron chi connectivity index (χ3n) is 4.05. The maximum atomic E-state index is 12.9. The lowest BCUT2D eigenvalue weighted by molar-refractivity contribution is -0.122. The number of amides is 1. The van der Waals surface area contributed by atoms with Crippen molar-refractivity contribution in [3.63, 3.8) is 0 Å². The molecule has 21 heavy (non-hydrogen) atoms. The van der Waals surface area contributed by atoms with Crippen LogP contribution in [0.15, 0.2) is 30.3 Å². The van der Waals surface area contributed by atoms with Crippen molar-refractivity contribution in [1.29, 1.82) is 0 Å². The maximum absolute atomic E-state index is 12.9. The average molecular weight is 300 g/mol. The van der Waals surface area contributed by atoms with E-state index in [-0.39, 0.29) is 11.8 Å². The number of thiazole rings is 1. The van der Waals surface area contributed by atoms with Gasteiger partial charge in [-0.1, -0.05) is 18.2 Å². The number of benzene rings is 1. The third kappa shape index (κ3) is 2.86. The van der Waals surface area contributed by atoms with Crippen molar-refractivity contribution in [2.75, 3.05) is 11.4 Å². The molecule has 0 bridgehead atoms. The van der Waals surface area contributed by atoms with Crippen LogP contribution in [0.4, 0.5) is 5.69 Å². The third-order valence-corrected chi connectivity index (χ3v) is 5.08. The number of fused-ring (bicyclic) bond motifs is 1. The second kappa shape index (κ2) is 5.98. The number of para-hydroxylation sites is 1. The quantitative estimate of drug-likeness (QED) is 0.867. The molecule has 0 fully saturated rings. The molecule has 1 aliphatic rings. The number of nitrogens with zero attached hydrogens (tertiary/aromatic N) is 2. The van der Waals surface area contributed by atoms with E-state index in [1.54, 1.807) is 11.3 Å². The van der Waals surface area contributed by atoms with E-state index in [0.717, 1.165) is 30.0 Å². The van der Waals surface area contributed by atoms with Crippen LogP contribution in [0.2, 0.25) is 0 Å². The number of aryl methyl sites for hydroxylation is 2. The lowest BCUT2D eigenvalue weighted by Gasteiger charge is -2.28. The van der Waals surface area contributed by atoms with Gasteiger partial charge in [0.25, 0.3) is 0 Å². The highest BCUT2D eigenvalue weighted by atomic mass is 32.1. The van der Waals surface area contributed by atoms with Crippen molar-refractivity contribution >= 4 is 22.9 Å². The zero-order valence-electron chi connectivity index (χ0n) is 12.5. The van der Waals surface area contributed by atoms with E-state index in [0.29, 0.717) is 6.54 Å². The SMILES string of the molecule is CCN(C(=O)C1CCc2nc(C)sc2C1)c1ccccc1. The Bertz CT molecular complexity index is 635. The van der Waals surface area contributed by atoms with Gasteiger partial charge in [0.05, 0.1) is 10.7 Å². The van der Waals surface area contributed by atoms with Gasteiger partial charge in [0.1, 0.15) is 0 Å². The summed E-state index contributed by atoms with van der Waals surface area (Å²) in [5.41, 5.74) is 2.21. The van der Waals surface area contributed by atoms with Gasteiger partial charge in [-0.15, -0.1) is 11.3 Å². The number of anilines is 1. The number of aromatic nitrogens is 1. The topological polar surface area (TPSA) is 33.2 Å². The Morgan fingerprint density at radius 2 is 2.14 bits per heavy atom. The molecule has 2 aromatic rings. The number of carbonyl (C=O) groups is 1. The van der Waals surface area contributed by atoms with Gasteiger partial charge in [-0.05, 0) is 45.2 Å². The van der Waals surface area contributed by atoms with Crippen molar-refractivity contribution in [1.82, 2.24) is 4.98 Å². The van der Waals surface area contributed by atoms with E-state index >= 15 is 0 Å². The van der Waals surface area contributed by atoms with Crippen LogP contribution in [0.1, 0.15) is 28.9 Å². The summed E-state index contributed by atoms with van der Waals surface area (Å²) in [6, 6.07) is 9.96. The first kappa shape index (κ1) is 14.3. The molecule has 1 aliphatic carbocycles. The molecule has 4 heteroatoms. The first-order valence-corrected chi connectivity index (χ1v) is 8.32. The molecule has 1 unspecified atom stereocenters. The van der Waals surface area contributed by atoms with Crippen LogP contribution in [0.5, 0.6) is 0 Å². The van der Waals surface area contributed by atoms with Gasteiger partial charge in [0.2, 0.25) is 5.91 Å². The summed E-state index contributed by atoms with van der Waals surface area (Å²) in [7, 11) is 0. The lowest BCUT2D eigenvalue weighted by atomic mass is 9.90. The Labute approximate surface area is 129 Å². The van der Waals surface area contributed by atoms with Gasteiger partial charge in [-0.25, -0.2) is 4.98 Å². The first-order chi connectivity index (χ1) is 10.2. The molecule has 110 valence electrons. The lowest BCUT2D eigenvalue weighted by Crippen LogP contribution is -2.38. The minimum Gasteiger partial charge on any atom is -0.312 e. The monoisotopic (exact) mass is 300 g/mol. The van der Waals surface area contributed by atoms with E-state index in [9.17, 15) is 4.79 Å². The van der Waals surface area contributed by atoms with E-state index < -0.39 is 0 Å². The Kier molecular flexibility index (Phi) is 4.06. The molecular weight excluding hydrogens is 280 g/mol. The van der Waals surface area contributed by atoms with Crippen molar-refractivity contribution < 1.29 is 4.79 Å². The van der Waals surface area contributed by atoms with E-state index in [1.807, 2.05) is 49.1 Å². The Morgan fingerprint density at radius 1 is 1.38 bits per heavy atom. The van der Waals surface area contributed by atoms with E-state index in [1.165, 1.54) is 10.6 Å². The summed E-state index contributed by atoms with van der Waals surface area (Å²) in [5.74, 6) is 0.345. The van der Waals surface area contributed by atoms with Gasteiger partial charge in [-0.3, -0.25) is 4.79 Å². The summed E-state index contributed by atoms with van der Waals surface area (Å²) < 4.78 is 0. The fourth-order valence-corrected chi connectivity index (χ4v) is 4.07. The Morgan fingerprint density at radius 3 is 2.86 bits per heavy atom. The second-order valence-electron chi connectivity index (χ2n) is 5.46. The maximum Gasteiger partial charge on any atom is 0.230 e. The highest BCUT2D eigenvalue weighted by Crippen LogP contribution is 2.31. The molecule has 1 heterocycles. The van der Waals surface area contributed by atoms with Crippen LogP contribution in [0, 0.1) is 12.8 Å². The summed E-state index contributed by atoms with van der Waals surface area (Å²) in [5, 5.41) is 1.11. The number of hydrogen-bond donors (Lipinski definition) is 0. The van der Waals surface area contributed by atoms with Gasteiger partial charge < -0.3 is 4.90 Å². The van der Waals surface area contributed by atoms with Crippen molar-refractivity contribution in [2.45, 2.75) is 33.1 Å². The molecule has 0 spiro atoms. The largest absolute Gasteiger partial charge is 0.312 e. The van der Waals surface area contributed by atoms with Gasteiger partial charge in [0, 0.05) is 23.0 Å². The van der Waals surface area contributed by atoms with Crippen molar-refractivity contribution in [3.05, 3.63) is 45.9 Å². The van der Waals surface area contributed by atoms with Crippen LogP contribution in [-0.4, -0.2) is 17.4 Å². The minimum atomic E-state index is 0.0949. The molecule has 1 aromatic carbocycles. The molecule has 0 saturated heterocycles. The predicted molar refractivity (Wildman–Crippen MR) is 86.8 cm³/mol. The minimum absolute atomic E-state index is 0.0949. The zero-order chi connectivity index (χ0) is 14.8. The van der Waals surface area contributed by atoms with Crippen LogP contribution in [0.25, 0.3) is 0 Å². The van der Waals surface area contributed by atoms with Crippen molar-refractivity contribution in [3.8, 4) is 0 Å². The van der Waals surface area contributed by atoms with E-state index in [2.05, 4.69) is 4.98 Å². The molecule has 1 aromatic heterocycles. The highest BCUT2D eigenvalue weighted by Gasteiger charge is 2.30. The normalized spacial score (nSPS) is 17.3. The number of hydrogen-bond acceptors (Lipinski definition) is 3. The van der Waals surface area contributed by atoms with E-state index in [4.69, 9.17) is 0 Å². The summed E-state index contributed by atoms with van der Waals surface area (Å²) in [6.45, 7) is 4.80. The highest BCUT2D eigenvalue weighted by molar-refractivity contribution is 7.11. The predicted octanol–water partition coefficient (Wildman–Crippen LogP) is 3.61. The average Bonchev–Trinajstić information content (AvgIpc) is 2.88. The smallest absolute Gasteiger partial charge is 0.230 e.